The lowest BCUT2D eigenvalue weighted by Gasteiger charge is -2.17. The molecular weight excluding hydrogens is 162 g/mol. The van der Waals surface area contributed by atoms with E-state index in [-0.39, 0.29) is 5.41 Å². The maximum atomic E-state index is 5.57. The Bertz CT molecular complexity index is 355. The third-order valence-corrected chi connectivity index (χ3v) is 2.31. The van der Waals surface area contributed by atoms with Gasteiger partial charge in [0.15, 0.2) is 0 Å². The Morgan fingerprint density at radius 2 is 2.15 bits per heavy atom. The first-order valence-electron chi connectivity index (χ1n) is 4.54. The minimum Gasteiger partial charge on any atom is -0.444 e. The fraction of sp³-hybridized carbons (Fsp3) is 0.455. The second kappa shape index (κ2) is 2.41. The van der Waals surface area contributed by atoms with Gasteiger partial charge in [0.2, 0.25) is 5.88 Å². The Labute approximate surface area is 78.8 Å². The van der Waals surface area contributed by atoms with Crippen LogP contribution in [0.4, 0.5) is 0 Å². The van der Waals surface area contributed by atoms with Crippen molar-refractivity contribution in [1.29, 1.82) is 0 Å². The SMILES string of the molecule is C=C1Cn2ccc(C(C)(C)C)c2O1. The molecule has 13 heavy (non-hydrogen) atoms. The monoisotopic (exact) mass is 177 g/mol. The van der Waals surface area contributed by atoms with Gasteiger partial charge in [0, 0.05) is 11.8 Å². The summed E-state index contributed by atoms with van der Waals surface area (Å²) in [5, 5.41) is 0. The van der Waals surface area contributed by atoms with E-state index in [2.05, 4.69) is 44.2 Å². The number of hydrogen-bond donors (Lipinski definition) is 0. The van der Waals surface area contributed by atoms with Gasteiger partial charge in [0.05, 0.1) is 6.54 Å². The summed E-state index contributed by atoms with van der Waals surface area (Å²) in [5.74, 6) is 1.80. The first-order valence-corrected chi connectivity index (χ1v) is 4.54. The van der Waals surface area contributed by atoms with E-state index in [0.717, 1.165) is 18.2 Å². The second-order valence-corrected chi connectivity index (χ2v) is 4.55. The lowest BCUT2D eigenvalue weighted by molar-refractivity contribution is 0.429. The van der Waals surface area contributed by atoms with E-state index >= 15 is 0 Å². The fourth-order valence-corrected chi connectivity index (χ4v) is 1.63. The normalized spacial score (nSPS) is 15.8. The minimum atomic E-state index is 0.144. The van der Waals surface area contributed by atoms with Gasteiger partial charge in [0.1, 0.15) is 5.76 Å². The van der Waals surface area contributed by atoms with Gasteiger partial charge in [-0.1, -0.05) is 27.4 Å². The molecule has 0 aliphatic carbocycles. The van der Waals surface area contributed by atoms with E-state index in [1.807, 2.05) is 0 Å². The highest BCUT2D eigenvalue weighted by atomic mass is 16.5. The zero-order valence-corrected chi connectivity index (χ0v) is 8.42. The third kappa shape index (κ3) is 1.26. The quantitative estimate of drug-likeness (QED) is 0.594. The molecule has 0 aromatic carbocycles. The van der Waals surface area contributed by atoms with Crippen LogP contribution in [0.1, 0.15) is 26.3 Å². The summed E-state index contributed by atoms with van der Waals surface area (Å²) < 4.78 is 7.67. The van der Waals surface area contributed by atoms with Gasteiger partial charge in [-0.3, -0.25) is 0 Å². The number of ether oxygens (including phenoxy) is 1. The zero-order valence-electron chi connectivity index (χ0n) is 8.42. The second-order valence-electron chi connectivity index (χ2n) is 4.55. The molecule has 2 heterocycles. The highest BCUT2D eigenvalue weighted by molar-refractivity contribution is 5.38. The lowest BCUT2D eigenvalue weighted by Crippen LogP contribution is -2.10. The minimum absolute atomic E-state index is 0.144. The highest BCUT2D eigenvalue weighted by Crippen LogP contribution is 2.36. The number of allylic oxidation sites excluding steroid dienone is 1. The van der Waals surface area contributed by atoms with Crippen molar-refractivity contribution >= 4 is 0 Å². The molecule has 2 heteroatoms. The summed E-state index contributed by atoms with van der Waals surface area (Å²) >= 11 is 0. The standard InChI is InChI=1S/C11H15NO/c1-8-7-12-6-5-9(10(12)13-8)11(2,3)4/h5-6H,1,7H2,2-4H3. The van der Waals surface area contributed by atoms with Gasteiger partial charge in [-0.15, -0.1) is 0 Å². The molecule has 0 saturated heterocycles. The molecule has 0 amide bonds. The molecule has 0 atom stereocenters. The molecule has 2 rings (SSSR count). The van der Waals surface area contributed by atoms with Crippen molar-refractivity contribution in [3.8, 4) is 5.88 Å². The van der Waals surface area contributed by atoms with Crippen molar-refractivity contribution < 1.29 is 4.74 Å². The smallest absolute Gasteiger partial charge is 0.203 e. The first kappa shape index (κ1) is 8.42. The van der Waals surface area contributed by atoms with Crippen molar-refractivity contribution in [2.24, 2.45) is 0 Å². The number of rotatable bonds is 0. The van der Waals surface area contributed by atoms with E-state index in [9.17, 15) is 0 Å². The molecule has 1 aliphatic heterocycles. The number of aromatic nitrogens is 1. The Morgan fingerprint density at radius 3 is 2.77 bits per heavy atom. The maximum absolute atomic E-state index is 5.57. The van der Waals surface area contributed by atoms with Crippen LogP contribution in [0.5, 0.6) is 5.88 Å². The molecule has 1 aliphatic rings. The number of fused-ring (bicyclic) bond motifs is 1. The number of nitrogens with zero attached hydrogens (tertiary/aromatic N) is 1. The van der Waals surface area contributed by atoms with Crippen LogP contribution in [0, 0.1) is 0 Å². The lowest BCUT2D eigenvalue weighted by atomic mass is 9.89. The van der Waals surface area contributed by atoms with E-state index in [0.29, 0.717) is 0 Å². The van der Waals surface area contributed by atoms with Crippen LogP contribution in [0.3, 0.4) is 0 Å². The van der Waals surface area contributed by atoms with Crippen molar-refractivity contribution in [3.05, 3.63) is 30.2 Å². The average Bonchev–Trinajstić information content (AvgIpc) is 2.41. The Balaban J connectivity index is 2.47. The highest BCUT2D eigenvalue weighted by Gasteiger charge is 2.26. The average molecular weight is 177 g/mol. The predicted molar refractivity (Wildman–Crippen MR) is 52.9 cm³/mol. The van der Waals surface area contributed by atoms with Gasteiger partial charge >= 0.3 is 0 Å². The molecule has 0 radical (unpaired) electrons. The number of hydrogen-bond acceptors (Lipinski definition) is 1. The van der Waals surface area contributed by atoms with Crippen LogP contribution in [0.2, 0.25) is 0 Å². The van der Waals surface area contributed by atoms with Crippen LogP contribution < -0.4 is 4.74 Å². The molecule has 0 fully saturated rings. The van der Waals surface area contributed by atoms with E-state index in [1.54, 1.807) is 0 Å². The van der Waals surface area contributed by atoms with Gasteiger partial charge in [-0.2, -0.15) is 0 Å². The summed E-state index contributed by atoms with van der Waals surface area (Å²) in [6.45, 7) is 11.2. The van der Waals surface area contributed by atoms with E-state index in [4.69, 9.17) is 4.74 Å². The molecule has 0 N–H and O–H groups in total. The van der Waals surface area contributed by atoms with Gasteiger partial charge < -0.3 is 9.30 Å². The van der Waals surface area contributed by atoms with Crippen molar-refractivity contribution in [2.75, 3.05) is 0 Å². The van der Waals surface area contributed by atoms with Crippen LogP contribution in [0.15, 0.2) is 24.6 Å². The van der Waals surface area contributed by atoms with Crippen molar-refractivity contribution in [1.82, 2.24) is 4.57 Å². The van der Waals surface area contributed by atoms with Gasteiger partial charge in [-0.25, -0.2) is 0 Å². The largest absolute Gasteiger partial charge is 0.444 e. The van der Waals surface area contributed by atoms with E-state index < -0.39 is 0 Å². The first-order chi connectivity index (χ1) is 5.98. The molecule has 0 bridgehead atoms. The molecule has 1 aromatic rings. The molecule has 2 nitrogen and oxygen atoms in total. The van der Waals surface area contributed by atoms with Crippen LogP contribution in [-0.4, -0.2) is 4.57 Å². The Kier molecular flexibility index (Phi) is 1.56. The summed E-state index contributed by atoms with van der Waals surface area (Å²) in [7, 11) is 0. The van der Waals surface area contributed by atoms with Gasteiger partial charge in [-0.05, 0) is 11.5 Å². The van der Waals surface area contributed by atoms with Crippen molar-refractivity contribution in [2.45, 2.75) is 32.7 Å². The van der Waals surface area contributed by atoms with Crippen LogP contribution in [0.25, 0.3) is 0 Å². The van der Waals surface area contributed by atoms with Crippen LogP contribution >= 0.6 is 0 Å². The molecule has 0 unspecified atom stereocenters. The molecule has 70 valence electrons. The maximum Gasteiger partial charge on any atom is 0.203 e. The topological polar surface area (TPSA) is 14.2 Å². The van der Waals surface area contributed by atoms with Crippen LogP contribution in [-0.2, 0) is 12.0 Å². The summed E-state index contributed by atoms with van der Waals surface area (Å²) in [5.41, 5.74) is 1.40. The van der Waals surface area contributed by atoms with E-state index in [1.165, 1.54) is 5.56 Å². The van der Waals surface area contributed by atoms with Crippen molar-refractivity contribution in [3.63, 3.8) is 0 Å². The Morgan fingerprint density at radius 1 is 1.46 bits per heavy atom. The third-order valence-electron chi connectivity index (χ3n) is 2.31. The molecule has 1 aromatic heterocycles. The zero-order chi connectivity index (χ0) is 9.64. The Hall–Kier alpha value is -1.18. The summed E-state index contributed by atoms with van der Waals surface area (Å²) in [6.07, 6.45) is 2.06. The molecule has 0 spiro atoms. The van der Waals surface area contributed by atoms with Gasteiger partial charge in [0.25, 0.3) is 0 Å². The predicted octanol–water partition coefficient (Wildman–Crippen LogP) is 2.69. The summed E-state index contributed by atoms with van der Waals surface area (Å²) in [6, 6.07) is 2.13. The molecule has 0 saturated carbocycles. The fourth-order valence-electron chi connectivity index (χ4n) is 1.63. The molecular formula is C11H15NO. The summed E-state index contributed by atoms with van der Waals surface area (Å²) in [4.78, 5) is 0.